The van der Waals surface area contributed by atoms with Gasteiger partial charge in [-0.3, -0.25) is 9.69 Å². The van der Waals surface area contributed by atoms with Crippen molar-refractivity contribution >= 4 is 23.5 Å². The van der Waals surface area contributed by atoms with E-state index >= 15 is 0 Å². The number of nitrogens with one attached hydrogen (secondary N) is 2. The van der Waals surface area contributed by atoms with E-state index in [1.54, 1.807) is 37.5 Å². The molecule has 0 saturated carbocycles. The summed E-state index contributed by atoms with van der Waals surface area (Å²) in [5.41, 5.74) is 1.44. The van der Waals surface area contributed by atoms with Gasteiger partial charge in [0.15, 0.2) is 0 Å². The molecule has 1 saturated heterocycles. The highest BCUT2D eigenvalue weighted by Crippen LogP contribution is 2.29. The third kappa shape index (κ3) is 3.74. The van der Waals surface area contributed by atoms with Gasteiger partial charge in [0.1, 0.15) is 17.7 Å². The zero-order valence-corrected chi connectivity index (χ0v) is 14.5. The van der Waals surface area contributed by atoms with Gasteiger partial charge in [-0.15, -0.1) is 0 Å². The summed E-state index contributed by atoms with van der Waals surface area (Å²) in [5, 5.41) is 5.51. The van der Waals surface area contributed by atoms with Gasteiger partial charge in [-0.25, -0.2) is 14.2 Å². The van der Waals surface area contributed by atoms with E-state index in [0.717, 1.165) is 0 Å². The largest absolute Gasteiger partial charge is 0.442 e. The fourth-order valence-electron chi connectivity index (χ4n) is 2.70. The molecule has 1 aliphatic heterocycles. The average molecular weight is 358 g/mol. The Morgan fingerprint density at radius 3 is 2.81 bits per heavy atom. The van der Waals surface area contributed by atoms with Crippen molar-refractivity contribution in [3.63, 3.8) is 0 Å². The number of rotatable bonds is 5. The molecule has 0 spiro atoms. The van der Waals surface area contributed by atoms with E-state index in [1.807, 2.05) is 0 Å². The van der Waals surface area contributed by atoms with E-state index in [4.69, 9.17) is 4.74 Å². The molecule has 1 aliphatic rings. The Morgan fingerprint density at radius 1 is 1.38 bits per heavy atom. The number of hydrogen-bond acceptors (Lipinski definition) is 5. The van der Waals surface area contributed by atoms with Crippen molar-refractivity contribution in [1.82, 2.24) is 10.3 Å². The summed E-state index contributed by atoms with van der Waals surface area (Å²) >= 11 is 0. The number of carbonyl (C=O) groups is 2. The summed E-state index contributed by atoms with van der Waals surface area (Å²) in [6.07, 6.45) is 0.553. The molecular weight excluding hydrogens is 339 g/mol. The second-order valence-electron chi connectivity index (χ2n) is 5.90. The van der Waals surface area contributed by atoms with E-state index in [2.05, 4.69) is 15.6 Å². The van der Waals surface area contributed by atoms with Crippen molar-refractivity contribution in [2.75, 3.05) is 30.4 Å². The fourth-order valence-corrected chi connectivity index (χ4v) is 2.70. The van der Waals surface area contributed by atoms with Crippen LogP contribution in [-0.4, -0.2) is 43.2 Å². The predicted octanol–water partition coefficient (Wildman–Crippen LogP) is 2.39. The van der Waals surface area contributed by atoms with Crippen LogP contribution in [0.5, 0.6) is 0 Å². The van der Waals surface area contributed by atoms with Crippen molar-refractivity contribution in [1.29, 1.82) is 0 Å². The maximum atomic E-state index is 14.6. The highest BCUT2D eigenvalue weighted by Gasteiger charge is 2.32. The minimum Gasteiger partial charge on any atom is -0.442 e. The van der Waals surface area contributed by atoms with Gasteiger partial charge in [-0.1, -0.05) is 0 Å². The highest BCUT2D eigenvalue weighted by atomic mass is 19.1. The first kappa shape index (κ1) is 17.7. The van der Waals surface area contributed by atoms with E-state index in [-0.39, 0.29) is 19.0 Å². The summed E-state index contributed by atoms with van der Waals surface area (Å²) in [7, 11) is 1.76. The quantitative estimate of drug-likeness (QED) is 0.857. The van der Waals surface area contributed by atoms with Crippen molar-refractivity contribution in [2.24, 2.45) is 0 Å². The van der Waals surface area contributed by atoms with Gasteiger partial charge in [0.2, 0.25) is 5.91 Å². The minimum absolute atomic E-state index is 0.201. The number of anilines is 2. The van der Waals surface area contributed by atoms with Crippen LogP contribution in [0.4, 0.5) is 20.7 Å². The molecule has 1 aromatic heterocycles. The summed E-state index contributed by atoms with van der Waals surface area (Å²) in [4.78, 5) is 28.5. The lowest BCUT2D eigenvalue weighted by atomic mass is 10.1. The molecule has 26 heavy (non-hydrogen) atoms. The third-order valence-corrected chi connectivity index (χ3v) is 4.05. The van der Waals surface area contributed by atoms with E-state index in [0.29, 0.717) is 22.6 Å². The number of benzene rings is 1. The predicted molar refractivity (Wildman–Crippen MR) is 95.5 cm³/mol. The molecule has 136 valence electrons. The number of carbonyl (C=O) groups excluding carboxylic acids is 2. The maximum absolute atomic E-state index is 14.6. The molecule has 2 amide bonds. The summed E-state index contributed by atoms with van der Waals surface area (Å²) in [6.45, 7) is 1.86. The smallest absolute Gasteiger partial charge is 0.414 e. The number of pyridine rings is 1. The molecule has 8 heteroatoms. The van der Waals surface area contributed by atoms with Gasteiger partial charge in [0.25, 0.3) is 0 Å². The normalized spacial score (nSPS) is 16.3. The Bertz CT molecular complexity index is 826. The molecule has 1 aromatic carbocycles. The van der Waals surface area contributed by atoms with Gasteiger partial charge in [-0.2, -0.15) is 0 Å². The Morgan fingerprint density at radius 2 is 2.19 bits per heavy atom. The second-order valence-corrected chi connectivity index (χ2v) is 5.90. The number of cyclic esters (lactones) is 1. The number of nitrogens with zero attached hydrogens (tertiary/aromatic N) is 2. The van der Waals surface area contributed by atoms with Gasteiger partial charge in [0, 0.05) is 31.3 Å². The lowest BCUT2D eigenvalue weighted by Crippen LogP contribution is -2.33. The number of halogens is 1. The van der Waals surface area contributed by atoms with Crippen LogP contribution in [0.15, 0.2) is 36.5 Å². The first-order valence-electron chi connectivity index (χ1n) is 8.14. The maximum Gasteiger partial charge on any atom is 0.414 e. The Kier molecular flexibility index (Phi) is 5.01. The number of hydrogen-bond donors (Lipinski definition) is 2. The highest BCUT2D eigenvalue weighted by molar-refractivity contribution is 5.90. The van der Waals surface area contributed by atoms with Crippen LogP contribution in [0.3, 0.4) is 0 Å². The molecule has 2 aromatic rings. The van der Waals surface area contributed by atoms with Gasteiger partial charge in [-0.05, 0) is 30.3 Å². The Labute approximate surface area is 150 Å². The monoisotopic (exact) mass is 358 g/mol. The van der Waals surface area contributed by atoms with Crippen LogP contribution in [0, 0.1) is 5.82 Å². The molecule has 2 heterocycles. The minimum atomic E-state index is -0.562. The van der Waals surface area contributed by atoms with Gasteiger partial charge in [0.05, 0.1) is 18.8 Å². The molecule has 0 aliphatic carbocycles. The van der Waals surface area contributed by atoms with Crippen molar-refractivity contribution in [3.8, 4) is 11.1 Å². The lowest BCUT2D eigenvalue weighted by Gasteiger charge is -2.14. The fraction of sp³-hybridized carbons (Fsp3) is 0.278. The number of ether oxygens (including phenoxy) is 1. The molecule has 3 rings (SSSR count). The molecule has 1 fully saturated rings. The first-order valence-corrected chi connectivity index (χ1v) is 8.14. The van der Waals surface area contributed by atoms with Gasteiger partial charge >= 0.3 is 6.09 Å². The SMILES string of the molecule is CNc1ccc(-c2ccc(N3C[C@H](CNC(C)=O)OC3=O)cc2F)cn1. The lowest BCUT2D eigenvalue weighted by molar-refractivity contribution is -0.119. The van der Waals surface area contributed by atoms with Crippen LogP contribution in [0.25, 0.3) is 11.1 Å². The zero-order chi connectivity index (χ0) is 18.7. The van der Waals surface area contributed by atoms with Crippen LogP contribution < -0.4 is 15.5 Å². The topological polar surface area (TPSA) is 83.6 Å². The molecule has 0 unspecified atom stereocenters. The first-order chi connectivity index (χ1) is 12.5. The summed E-state index contributed by atoms with van der Waals surface area (Å²) in [5.74, 6) is 0.0308. The molecule has 2 N–H and O–H groups in total. The standard InChI is InChI=1S/C18H19FN4O3/c1-11(24)21-9-14-10-23(18(25)26-14)13-4-5-15(16(19)7-13)12-3-6-17(20-2)22-8-12/h3-8,14H,9-10H2,1-2H3,(H,20,22)(H,21,24)/t14-/m0/s1. The number of aromatic nitrogens is 1. The van der Waals surface area contributed by atoms with Crippen LogP contribution in [0.1, 0.15) is 6.92 Å². The van der Waals surface area contributed by atoms with Crippen molar-refractivity contribution in [2.45, 2.75) is 13.0 Å². The van der Waals surface area contributed by atoms with Crippen LogP contribution >= 0.6 is 0 Å². The van der Waals surface area contributed by atoms with E-state index in [9.17, 15) is 14.0 Å². The molecule has 0 bridgehead atoms. The molecule has 7 nitrogen and oxygen atoms in total. The van der Waals surface area contributed by atoms with Crippen LogP contribution in [-0.2, 0) is 9.53 Å². The average Bonchev–Trinajstić information content (AvgIpc) is 3.01. The number of amides is 2. The molecule has 0 radical (unpaired) electrons. The summed E-state index contributed by atoms with van der Waals surface area (Å²) in [6, 6.07) is 8.09. The van der Waals surface area contributed by atoms with E-state index in [1.165, 1.54) is 17.9 Å². The third-order valence-electron chi connectivity index (χ3n) is 4.05. The Hall–Kier alpha value is -3.16. The van der Waals surface area contributed by atoms with Crippen molar-refractivity contribution < 1.29 is 18.7 Å². The second kappa shape index (κ2) is 7.38. The summed E-state index contributed by atoms with van der Waals surface area (Å²) < 4.78 is 19.8. The Balaban J connectivity index is 1.76. The molecular formula is C18H19FN4O3. The van der Waals surface area contributed by atoms with E-state index < -0.39 is 18.0 Å². The molecule has 1 atom stereocenters. The van der Waals surface area contributed by atoms with Crippen molar-refractivity contribution in [3.05, 3.63) is 42.3 Å². The van der Waals surface area contributed by atoms with Crippen LogP contribution in [0.2, 0.25) is 0 Å². The van der Waals surface area contributed by atoms with Gasteiger partial charge < -0.3 is 15.4 Å². The zero-order valence-electron chi connectivity index (χ0n) is 14.5.